The van der Waals surface area contributed by atoms with Crippen molar-refractivity contribution < 1.29 is 9.53 Å². The van der Waals surface area contributed by atoms with Crippen LogP contribution in [-0.4, -0.2) is 18.5 Å². The van der Waals surface area contributed by atoms with E-state index in [9.17, 15) is 4.79 Å². The number of ether oxygens (including phenoxy) is 1. The molecule has 1 atom stereocenters. The van der Waals surface area contributed by atoms with Crippen LogP contribution in [0.15, 0.2) is 12.2 Å². The molecule has 0 heterocycles. The maximum atomic E-state index is 11.2. The van der Waals surface area contributed by atoms with Gasteiger partial charge in [0, 0.05) is 6.61 Å². The van der Waals surface area contributed by atoms with Gasteiger partial charge in [-0.2, -0.15) is 0 Å². The van der Waals surface area contributed by atoms with Gasteiger partial charge in [-0.3, -0.25) is 4.79 Å². The Bertz CT molecular complexity index is 161. The second-order valence-corrected chi connectivity index (χ2v) is 2.68. The molecule has 1 rings (SSSR count). The molecule has 1 aliphatic carbocycles. The number of carbonyl (C=O) groups is 1. The molecule has 0 bridgehead atoms. The number of allylic oxidation sites excluding steroid dienone is 1. The monoisotopic (exact) mass is 154 g/mol. The van der Waals surface area contributed by atoms with Crippen LogP contribution in [0.25, 0.3) is 0 Å². The molecule has 0 aromatic carbocycles. The van der Waals surface area contributed by atoms with Gasteiger partial charge in [0.1, 0.15) is 6.10 Å². The lowest BCUT2D eigenvalue weighted by atomic mass is 10.1. The van der Waals surface area contributed by atoms with Crippen molar-refractivity contribution in [3.05, 3.63) is 12.2 Å². The molecule has 2 nitrogen and oxygen atoms in total. The van der Waals surface area contributed by atoms with Crippen molar-refractivity contribution in [2.45, 2.75) is 32.3 Å². The Balaban J connectivity index is 2.48. The van der Waals surface area contributed by atoms with Gasteiger partial charge in [-0.05, 0) is 32.3 Å². The lowest BCUT2D eigenvalue weighted by Crippen LogP contribution is -2.21. The Morgan fingerprint density at radius 3 is 3.27 bits per heavy atom. The second kappa shape index (κ2) is 4.29. The number of hydrogen-bond donors (Lipinski definition) is 0. The zero-order valence-corrected chi connectivity index (χ0v) is 6.88. The van der Waals surface area contributed by atoms with Gasteiger partial charge in [0.05, 0.1) is 0 Å². The van der Waals surface area contributed by atoms with Crippen molar-refractivity contribution in [2.75, 3.05) is 6.61 Å². The standard InChI is InChI=1S/C9H14O2/c1-2-11-9-7-5-3-4-6-8(9)10/h4,6,9H,2-3,5,7H2,1H3. The maximum absolute atomic E-state index is 11.2. The lowest BCUT2D eigenvalue weighted by molar-refractivity contribution is -0.125. The summed E-state index contributed by atoms with van der Waals surface area (Å²) in [5.41, 5.74) is 0. The molecule has 0 fully saturated rings. The predicted molar refractivity (Wildman–Crippen MR) is 43.4 cm³/mol. The van der Waals surface area contributed by atoms with Crippen molar-refractivity contribution in [1.29, 1.82) is 0 Å². The molecule has 0 amide bonds. The van der Waals surface area contributed by atoms with Crippen LogP contribution in [-0.2, 0) is 9.53 Å². The minimum atomic E-state index is -0.168. The third-order valence-corrected chi connectivity index (χ3v) is 1.80. The molecule has 0 radical (unpaired) electrons. The highest BCUT2D eigenvalue weighted by molar-refractivity contribution is 5.93. The van der Waals surface area contributed by atoms with Crippen LogP contribution in [0.1, 0.15) is 26.2 Å². The Morgan fingerprint density at radius 2 is 2.55 bits per heavy atom. The highest BCUT2D eigenvalue weighted by Gasteiger charge is 2.16. The molecular formula is C9H14O2. The van der Waals surface area contributed by atoms with E-state index in [4.69, 9.17) is 4.74 Å². The minimum absolute atomic E-state index is 0.129. The smallest absolute Gasteiger partial charge is 0.184 e. The van der Waals surface area contributed by atoms with Crippen LogP contribution in [0.2, 0.25) is 0 Å². The molecule has 11 heavy (non-hydrogen) atoms. The molecule has 0 N–H and O–H groups in total. The van der Waals surface area contributed by atoms with E-state index in [1.165, 1.54) is 0 Å². The van der Waals surface area contributed by atoms with Gasteiger partial charge in [0.2, 0.25) is 0 Å². The quantitative estimate of drug-likeness (QED) is 0.605. The lowest BCUT2D eigenvalue weighted by Gasteiger charge is -2.10. The number of ketones is 1. The summed E-state index contributed by atoms with van der Waals surface area (Å²) in [7, 11) is 0. The molecule has 0 saturated heterocycles. The topological polar surface area (TPSA) is 26.3 Å². The first-order chi connectivity index (χ1) is 5.34. The third-order valence-electron chi connectivity index (χ3n) is 1.80. The number of carbonyl (C=O) groups excluding carboxylic acids is 1. The van der Waals surface area contributed by atoms with E-state index >= 15 is 0 Å². The molecule has 2 heteroatoms. The molecule has 1 unspecified atom stereocenters. The molecular weight excluding hydrogens is 140 g/mol. The van der Waals surface area contributed by atoms with Crippen LogP contribution >= 0.6 is 0 Å². The molecule has 0 spiro atoms. The van der Waals surface area contributed by atoms with E-state index in [1.54, 1.807) is 6.08 Å². The summed E-state index contributed by atoms with van der Waals surface area (Å²) in [4.78, 5) is 11.2. The van der Waals surface area contributed by atoms with E-state index in [-0.39, 0.29) is 11.9 Å². The van der Waals surface area contributed by atoms with Crippen molar-refractivity contribution in [2.24, 2.45) is 0 Å². The normalized spacial score (nSPS) is 25.2. The fraction of sp³-hybridized carbons (Fsp3) is 0.667. The van der Waals surface area contributed by atoms with E-state index in [1.807, 2.05) is 13.0 Å². The van der Waals surface area contributed by atoms with Gasteiger partial charge in [-0.15, -0.1) is 0 Å². The van der Waals surface area contributed by atoms with Crippen molar-refractivity contribution in [3.63, 3.8) is 0 Å². The summed E-state index contributed by atoms with van der Waals surface area (Å²) in [6.07, 6.45) is 6.36. The summed E-state index contributed by atoms with van der Waals surface area (Å²) >= 11 is 0. The first-order valence-corrected chi connectivity index (χ1v) is 4.16. The fourth-order valence-electron chi connectivity index (χ4n) is 1.24. The number of hydrogen-bond acceptors (Lipinski definition) is 2. The summed E-state index contributed by atoms with van der Waals surface area (Å²) in [5.74, 6) is 0.129. The minimum Gasteiger partial charge on any atom is -0.370 e. The van der Waals surface area contributed by atoms with Crippen LogP contribution < -0.4 is 0 Å². The Hall–Kier alpha value is -0.630. The fourth-order valence-corrected chi connectivity index (χ4v) is 1.24. The highest BCUT2D eigenvalue weighted by atomic mass is 16.5. The van der Waals surface area contributed by atoms with E-state index in [0.29, 0.717) is 6.61 Å². The van der Waals surface area contributed by atoms with Crippen LogP contribution in [0, 0.1) is 0 Å². The third kappa shape index (κ3) is 2.46. The first kappa shape index (κ1) is 8.47. The number of rotatable bonds is 2. The average Bonchev–Trinajstić information content (AvgIpc) is 2.18. The molecule has 0 aliphatic heterocycles. The highest BCUT2D eigenvalue weighted by Crippen LogP contribution is 2.11. The van der Waals surface area contributed by atoms with Gasteiger partial charge in [-0.25, -0.2) is 0 Å². The second-order valence-electron chi connectivity index (χ2n) is 2.68. The van der Waals surface area contributed by atoms with Crippen molar-refractivity contribution >= 4 is 5.78 Å². The summed E-state index contributed by atoms with van der Waals surface area (Å²) in [6, 6.07) is 0. The molecule has 0 aromatic rings. The van der Waals surface area contributed by atoms with Gasteiger partial charge >= 0.3 is 0 Å². The molecule has 62 valence electrons. The van der Waals surface area contributed by atoms with Crippen molar-refractivity contribution in [3.8, 4) is 0 Å². The van der Waals surface area contributed by atoms with Gasteiger partial charge in [0.25, 0.3) is 0 Å². The average molecular weight is 154 g/mol. The van der Waals surface area contributed by atoms with E-state index in [0.717, 1.165) is 19.3 Å². The molecule has 0 aromatic heterocycles. The van der Waals surface area contributed by atoms with Crippen LogP contribution in [0.5, 0.6) is 0 Å². The van der Waals surface area contributed by atoms with Crippen LogP contribution in [0.3, 0.4) is 0 Å². The first-order valence-electron chi connectivity index (χ1n) is 4.16. The largest absolute Gasteiger partial charge is 0.370 e. The molecule has 1 aliphatic rings. The van der Waals surface area contributed by atoms with Crippen molar-refractivity contribution in [1.82, 2.24) is 0 Å². The Kier molecular flexibility index (Phi) is 3.30. The van der Waals surface area contributed by atoms with Gasteiger partial charge in [-0.1, -0.05) is 6.08 Å². The maximum Gasteiger partial charge on any atom is 0.184 e. The predicted octanol–water partition coefficient (Wildman–Crippen LogP) is 1.70. The summed E-state index contributed by atoms with van der Waals surface area (Å²) in [6.45, 7) is 2.55. The Labute approximate surface area is 67.2 Å². The van der Waals surface area contributed by atoms with Crippen LogP contribution in [0.4, 0.5) is 0 Å². The zero-order valence-electron chi connectivity index (χ0n) is 6.88. The zero-order chi connectivity index (χ0) is 8.10. The summed E-state index contributed by atoms with van der Waals surface area (Å²) in [5, 5.41) is 0. The van der Waals surface area contributed by atoms with Gasteiger partial charge in [0.15, 0.2) is 5.78 Å². The molecule has 0 saturated carbocycles. The van der Waals surface area contributed by atoms with Gasteiger partial charge < -0.3 is 4.74 Å². The SMILES string of the molecule is CCOC1CCCC=CC1=O. The van der Waals surface area contributed by atoms with E-state index in [2.05, 4.69) is 0 Å². The summed E-state index contributed by atoms with van der Waals surface area (Å²) < 4.78 is 5.27. The van der Waals surface area contributed by atoms with E-state index < -0.39 is 0 Å². The Morgan fingerprint density at radius 1 is 1.73 bits per heavy atom.